The molecule has 0 saturated heterocycles. The summed E-state index contributed by atoms with van der Waals surface area (Å²) in [7, 11) is 3.92. The lowest BCUT2D eigenvalue weighted by Crippen LogP contribution is -2.33. The second-order valence-corrected chi connectivity index (χ2v) is 6.86. The van der Waals surface area contributed by atoms with Gasteiger partial charge < -0.3 is 30.8 Å². The number of hydrogen-bond donors (Lipinski definition) is 3. The lowest BCUT2D eigenvalue weighted by atomic mass is 10.0. The quantitative estimate of drug-likeness (QED) is 0.381. The van der Waals surface area contributed by atoms with Crippen LogP contribution in [0.2, 0.25) is 0 Å². The molecule has 0 saturated carbocycles. The average molecular weight is 460 g/mol. The standard InChI is InChI=1S/C12H15NO4.C11H13NO4/c1-16-11(14)9-5-3-8(4-6-9)7-10(13)12(15)17-2;1-16-11(15)8-4-2-7(3-5-8)6-9(12)10(13)14/h3-6,10H,7,13H2,1-2H3;2-5,9H,6,12H2,1H3,(H,13,14)/t10-;9-/m00/s1. The van der Waals surface area contributed by atoms with E-state index < -0.39 is 36.0 Å². The molecule has 0 amide bonds. The Labute approximate surface area is 191 Å². The van der Waals surface area contributed by atoms with E-state index in [0.29, 0.717) is 17.5 Å². The zero-order valence-electron chi connectivity index (χ0n) is 18.6. The number of nitrogens with two attached hydrogens (primary N) is 2. The first kappa shape index (κ1) is 27.3. The first-order valence-electron chi connectivity index (χ1n) is 9.79. The Bertz CT molecular complexity index is 942. The van der Waals surface area contributed by atoms with Crippen LogP contribution in [0.4, 0.5) is 0 Å². The van der Waals surface area contributed by atoms with Crippen LogP contribution in [-0.4, -0.2) is 62.4 Å². The zero-order valence-corrected chi connectivity index (χ0v) is 18.6. The van der Waals surface area contributed by atoms with E-state index in [1.54, 1.807) is 48.5 Å². The first-order chi connectivity index (χ1) is 15.6. The Hall–Kier alpha value is -3.76. The van der Waals surface area contributed by atoms with Crippen LogP contribution < -0.4 is 11.5 Å². The maximum Gasteiger partial charge on any atom is 0.337 e. The van der Waals surface area contributed by atoms with Crippen molar-refractivity contribution in [3.8, 4) is 0 Å². The summed E-state index contributed by atoms with van der Waals surface area (Å²) >= 11 is 0. The van der Waals surface area contributed by atoms with Gasteiger partial charge in [-0.2, -0.15) is 0 Å². The normalized spacial score (nSPS) is 11.8. The first-order valence-corrected chi connectivity index (χ1v) is 9.79. The molecule has 0 unspecified atom stereocenters. The average Bonchev–Trinajstić information content (AvgIpc) is 2.83. The van der Waals surface area contributed by atoms with Crippen molar-refractivity contribution in [2.24, 2.45) is 11.5 Å². The fourth-order valence-corrected chi connectivity index (χ4v) is 2.62. The molecular formula is C23H28N2O8. The highest BCUT2D eigenvalue weighted by molar-refractivity contribution is 5.89. The smallest absolute Gasteiger partial charge is 0.337 e. The Kier molecular flexibility index (Phi) is 11.2. The summed E-state index contributed by atoms with van der Waals surface area (Å²) in [6.07, 6.45) is 0.602. The summed E-state index contributed by atoms with van der Waals surface area (Å²) in [6.45, 7) is 0. The van der Waals surface area contributed by atoms with Crippen molar-refractivity contribution in [3.05, 3.63) is 70.8 Å². The van der Waals surface area contributed by atoms with Gasteiger partial charge in [0.2, 0.25) is 0 Å². The minimum Gasteiger partial charge on any atom is -0.480 e. The van der Waals surface area contributed by atoms with E-state index in [1.807, 2.05) is 0 Å². The number of aliphatic carboxylic acids is 1. The molecule has 0 aromatic heterocycles. The molecule has 10 nitrogen and oxygen atoms in total. The van der Waals surface area contributed by atoms with Crippen molar-refractivity contribution in [2.45, 2.75) is 24.9 Å². The predicted octanol–water partition coefficient (Wildman–Crippen LogP) is 0.944. The van der Waals surface area contributed by atoms with Gasteiger partial charge in [-0.25, -0.2) is 9.59 Å². The highest BCUT2D eigenvalue weighted by atomic mass is 16.5. The highest BCUT2D eigenvalue weighted by Gasteiger charge is 2.15. The van der Waals surface area contributed by atoms with E-state index in [4.69, 9.17) is 16.6 Å². The van der Waals surface area contributed by atoms with Gasteiger partial charge in [0.25, 0.3) is 0 Å². The van der Waals surface area contributed by atoms with E-state index in [9.17, 15) is 19.2 Å². The van der Waals surface area contributed by atoms with Gasteiger partial charge in [-0.1, -0.05) is 24.3 Å². The molecule has 2 rings (SSSR count). The number of carboxylic acid groups (broad SMARTS) is 1. The van der Waals surface area contributed by atoms with Crippen molar-refractivity contribution in [3.63, 3.8) is 0 Å². The lowest BCUT2D eigenvalue weighted by molar-refractivity contribution is -0.142. The van der Waals surface area contributed by atoms with Gasteiger partial charge in [0, 0.05) is 0 Å². The number of rotatable bonds is 8. The Morgan fingerprint density at radius 1 is 0.697 bits per heavy atom. The molecule has 0 fully saturated rings. The minimum absolute atomic E-state index is 0.233. The van der Waals surface area contributed by atoms with Crippen molar-refractivity contribution in [2.75, 3.05) is 21.3 Å². The summed E-state index contributed by atoms with van der Waals surface area (Å²) in [5.74, 6) is -2.32. The minimum atomic E-state index is -1.04. The van der Waals surface area contributed by atoms with Gasteiger partial charge in [-0.15, -0.1) is 0 Å². The number of ether oxygens (including phenoxy) is 3. The third kappa shape index (κ3) is 9.09. The van der Waals surface area contributed by atoms with Crippen LogP contribution in [0.1, 0.15) is 31.8 Å². The molecule has 2 atom stereocenters. The van der Waals surface area contributed by atoms with E-state index >= 15 is 0 Å². The van der Waals surface area contributed by atoms with Gasteiger partial charge in [-0.05, 0) is 48.2 Å². The summed E-state index contributed by atoms with van der Waals surface area (Å²) in [5, 5.41) is 8.63. The third-order valence-electron chi connectivity index (χ3n) is 4.48. The van der Waals surface area contributed by atoms with Crippen molar-refractivity contribution in [1.29, 1.82) is 0 Å². The fourth-order valence-electron chi connectivity index (χ4n) is 2.62. The molecule has 0 bridgehead atoms. The number of carbonyl (C=O) groups excluding carboxylic acids is 3. The lowest BCUT2D eigenvalue weighted by Gasteiger charge is -2.09. The van der Waals surface area contributed by atoms with Crippen LogP contribution in [0, 0.1) is 0 Å². The van der Waals surface area contributed by atoms with Crippen molar-refractivity contribution >= 4 is 23.9 Å². The third-order valence-corrected chi connectivity index (χ3v) is 4.48. The van der Waals surface area contributed by atoms with Gasteiger partial charge in [0.15, 0.2) is 0 Å². The number of carbonyl (C=O) groups is 4. The van der Waals surface area contributed by atoms with E-state index in [2.05, 4.69) is 14.2 Å². The Balaban J connectivity index is 0.000000331. The summed E-state index contributed by atoms with van der Waals surface area (Å²) < 4.78 is 13.6. The highest BCUT2D eigenvalue weighted by Crippen LogP contribution is 2.09. The molecule has 0 aliphatic heterocycles. The van der Waals surface area contributed by atoms with Crippen LogP contribution >= 0.6 is 0 Å². The Morgan fingerprint density at radius 2 is 1.06 bits per heavy atom. The maximum absolute atomic E-state index is 11.2. The second-order valence-electron chi connectivity index (χ2n) is 6.86. The van der Waals surface area contributed by atoms with Crippen molar-refractivity contribution < 1.29 is 38.5 Å². The molecule has 0 radical (unpaired) electrons. The van der Waals surface area contributed by atoms with Gasteiger partial charge in [0.1, 0.15) is 12.1 Å². The molecular weight excluding hydrogens is 432 g/mol. The molecule has 2 aromatic rings. The monoisotopic (exact) mass is 460 g/mol. The van der Waals surface area contributed by atoms with Crippen LogP contribution in [0.3, 0.4) is 0 Å². The molecule has 178 valence electrons. The molecule has 0 spiro atoms. The largest absolute Gasteiger partial charge is 0.480 e. The molecule has 5 N–H and O–H groups in total. The number of esters is 3. The number of hydrogen-bond acceptors (Lipinski definition) is 9. The zero-order chi connectivity index (χ0) is 25.0. The Morgan fingerprint density at radius 3 is 1.36 bits per heavy atom. The molecule has 0 heterocycles. The fraction of sp³-hybridized carbons (Fsp3) is 0.304. The SMILES string of the molecule is COC(=O)c1ccc(C[C@H](N)C(=O)O)cc1.COC(=O)c1ccc(C[C@H](N)C(=O)OC)cc1. The summed E-state index contributed by atoms with van der Waals surface area (Å²) in [6, 6.07) is 11.6. The summed E-state index contributed by atoms with van der Waals surface area (Å²) in [5.41, 5.74) is 13.5. The van der Waals surface area contributed by atoms with E-state index in [0.717, 1.165) is 11.1 Å². The van der Waals surface area contributed by atoms with Crippen LogP contribution in [-0.2, 0) is 36.6 Å². The van der Waals surface area contributed by atoms with Crippen LogP contribution in [0.15, 0.2) is 48.5 Å². The maximum atomic E-state index is 11.2. The van der Waals surface area contributed by atoms with E-state index in [-0.39, 0.29) is 6.42 Å². The molecule has 2 aromatic carbocycles. The predicted molar refractivity (Wildman–Crippen MR) is 119 cm³/mol. The van der Waals surface area contributed by atoms with Gasteiger partial charge in [0.05, 0.1) is 32.5 Å². The topological polar surface area (TPSA) is 168 Å². The number of methoxy groups -OCH3 is 3. The summed E-state index contributed by atoms with van der Waals surface area (Å²) in [4.78, 5) is 43.9. The number of carboxylic acids is 1. The second kappa shape index (κ2) is 13.6. The number of benzene rings is 2. The molecule has 0 aliphatic carbocycles. The van der Waals surface area contributed by atoms with Gasteiger partial charge >= 0.3 is 23.9 Å². The van der Waals surface area contributed by atoms with Crippen molar-refractivity contribution in [1.82, 2.24) is 0 Å². The van der Waals surface area contributed by atoms with E-state index in [1.165, 1.54) is 21.3 Å². The van der Waals surface area contributed by atoms with Crippen LogP contribution in [0.5, 0.6) is 0 Å². The molecule has 33 heavy (non-hydrogen) atoms. The molecule has 10 heteroatoms. The van der Waals surface area contributed by atoms with Gasteiger partial charge in [-0.3, -0.25) is 9.59 Å². The van der Waals surface area contributed by atoms with Crippen LogP contribution in [0.25, 0.3) is 0 Å². The molecule has 0 aliphatic rings.